The van der Waals surface area contributed by atoms with Crippen molar-refractivity contribution in [2.75, 3.05) is 0 Å². The van der Waals surface area contributed by atoms with E-state index in [9.17, 15) is 24.6 Å². The molecule has 7 nitrogen and oxygen atoms in total. The molecule has 2 bridgehead atoms. The van der Waals surface area contributed by atoms with Gasteiger partial charge in [0.25, 0.3) is 0 Å². The Hall–Kier alpha value is -1.22. The molecular formula is C25H26O7Ru3. The van der Waals surface area contributed by atoms with Gasteiger partial charge in [0.15, 0.2) is 17.3 Å². The van der Waals surface area contributed by atoms with Gasteiger partial charge in [0, 0.05) is 24.9 Å². The smallest absolute Gasteiger partial charge is 0.662 e. The van der Waals surface area contributed by atoms with Gasteiger partial charge in [0.05, 0.1) is 11.0 Å². The second-order valence-electron chi connectivity index (χ2n) is 9.50. The number of phenols is 2. The van der Waals surface area contributed by atoms with Crippen LogP contribution in [-0.2, 0) is 77.5 Å². The topological polar surface area (TPSA) is 110 Å². The fourth-order valence-corrected chi connectivity index (χ4v) is 4.91. The minimum absolute atomic E-state index is 0. The largest absolute Gasteiger partial charge is 1.00 e. The quantitative estimate of drug-likeness (QED) is 0.119. The normalized spacial score (nSPS) is 25.7. The van der Waals surface area contributed by atoms with Gasteiger partial charge in [0.1, 0.15) is 5.76 Å². The molecule has 0 aromatic heterocycles. The van der Waals surface area contributed by atoms with Crippen molar-refractivity contribution in [2.45, 2.75) is 47.0 Å². The summed E-state index contributed by atoms with van der Waals surface area (Å²) in [5, 5.41) is 19.2. The number of fused-ring (bicyclic) bond motifs is 1. The van der Waals surface area contributed by atoms with Gasteiger partial charge >= 0.3 is 44.9 Å². The number of benzene rings is 1. The fourth-order valence-electron chi connectivity index (χ4n) is 4.91. The molecule has 1 spiro atoms. The van der Waals surface area contributed by atoms with Gasteiger partial charge in [-0.05, 0) is 38.5 Å². The zero-order chi connectivity index (χ0) is 23.5. The van der Waals surface area contributed by atoms with E-state index in [4.69, 9.17) is 9.47 Å². The summed E-state index contributed by atoms with van der Waals surface area (Å²) in [6, 6.07) is 3.48. The maximum atomic E-state index is 13.9. The summed E-state index contributed by atoms with van der Waals surface area (Å²) < 4.78 is 11.2. The average Bonchev–Trinajstić information content (AvgIpc) is 3.15. The fraction of sp³-hybridized carbons (Fsp3) is 0.400. The van der Waals surface area contributed by atoms with E-state index in [1.165, 1.54) is 12.7 Å². The first-order valence-electron chi connectivity index (χ1n) is 10.5. The number of allylic oxidation sites excluding steroid dienone is 4. The van der Waals surface area contributed by atoms with Crippen LogP contribution < -0.4 is 0 Å². The van der Waals surface area contributed by atoms with E-state index in [2.05, 4.69) is 0 Å². The number of Topliss-reactive ketones (excluding diaryl/α,β-unsaturated/α-hetero) is 2. The minimum atomic E-state index is -1.43. The first-order valence-corrected chi connectivity index (χ1v) is 10.5. The van der Waals surface area contributed by atoms with Gasteiger partial charge in [-0.25, -0.2) is 4.79 Å². The third kappa shape index (κ3) is 4.76. The van der Waals surface area contributed by atoms with Gasteiger partial charge in [0.2, 0.25) is 11.5 Å². The van der Waals surface area contributed by atoms with Crippen LogP contribution in [0.5, 0.6) is 11.5 Å². The Bertz CT molecular complexity index is 1100. The molecular weight excluding hydrogens is 715 g/mol. The molecule has 0 unspecified atom stereocenters. The molecule has 192 valence electrons. The van der Waals surface area contributed by atoms with Crippen molar-refractivity contribution in [2.24, 2.45) is 16.2 Å². The van der Waals surface area contributed by atoms with Crippen LogP contribution in [0.15, 0.2) is 41.4 Å². The standard InChI is InChI=1S/C25H26O7.3Ru/c1-14(2)7-8-25-19(28)18(32-21(29)15-5-6-16(26)17(27)13-15)20-24(22(25)30,11-12-31-20)10-9-23(25,3)4;;;/h5-7,9,12-13,26-27H,8,10-11H2,1-4H3;;;/q-2;;2*+1/t24-,25-;;;/m1.../s1. The number of rotatable bonds is 4. The van der Waals surface area contributed by atoms with Crippen molar-refractivity contribution in [1.29, 1.82) is 0 Å². The van der Waals surface area contributed by atoms with E-state index in [1.807, 2.05) is 40.2 Å². The number of carbonyl (C=O) groups excluding carboxylic acids is 3. The second-order valence-corrected chi connectivity index (χ2v) is 9.50. The Kier molecular flexibility index (Phi) is 10.0. The third-order valence-corrected chi connectivity index (χ3v) is 6.97. The Morgan fingerprint density at radius 2 is 1.80 bits per heavy atom. The molecule has 2 N–H and O–H groups in total. The summed E-state index contributed by atoms with van der Waals surface area (Å²) in [6.45, 7) is 8.99. The molecule has 1 aromatic carbocycles. The van der Waals surface area contributed by atoms with E-state index in [1.54, 1.807) is 0 Å². The predicted molar refractivity (Wildman–Crippen MR) is 114 cm³/mol. The Morgan fingerprint density at radius 1 is 1.14 bits per heavy atom. The third-order valence-electron chi connectivity index (χ3n) is 6.97. The van der Waals surface area contributed by atoms with Crippen molar-refractivity contribution in [3.05, 3.63) is 60.0 Å². The molecule has 10 heteroatoms. The van der Waals surface area contributed by atoms with Crippen LogP contribution in [0.4, 0.5) is 0 Å². The van der Waals surface area contributed by atoms with Gasteiger partial charge in [-0.1, -0.05) is 25.5 Å². The summed E-state index contributed by atoms with van der Waals surface area (Å²) in [5.41, 5.74) is -2.37. The van der Waals surface area contributed by atoms with E-state index < -0.39 is 33.7 Å². The minimum Gasteiger partial charge on any atom is -0.662 e. The molecule has 2 atom stereocenters. The van der Waals surface area contributed by atoms with Crippen LogP contribution in [0.2, 0.25) is 0 Å². The number of esters is 1. The number of hydrogen-bond acceptors (Lipinski definition) is 7. The summed E-state index contributed by atoms with van der Waals surface area (Å²) >= 11 is 0. The summed E-state index contributed by atoms with van der Waals surface area (Å²) in [4.78, 5) is 40.8. The van der Waals surface area contributed by atoms with E-state index in [-0.39, 0.29) is 93.5 Å². The number of hydrogen-bond donors (Lipinski definition) is 2. The van der Waals surface area contributed by atoms with Crippen molar-refractivity contribution in [1.82, 2.24) is 0 Å². The Balaban J connectivity index is 0.00000204. The Morgan fingerprint density at radius 3 is 2.40 bits per heavy atom. The average molecular weight is 742 g/mol. The molecule has 1 aromatic rings. The van der Waals surface area contributed by atoms with Crippen LogP contribution >= 0.6 is 0 Å². The Labute approximate surface area is 243 Å². The van der Waals surface area contributed by atoms with Gasteiger partial charge in [-0.15, -0.1) is 11.8 Å². The number of ether oxygens (including phenoxy) is 2. The van der Waals surface area contributed by atoms with Crippen molar-refractivity contribution >= 4 is 17.5 Å². The molecule has 1 heterocycles. The van der Waals surface area contributed by atoms with Crippen LogP contribution in [0.25, 0.3) is 0 Å². The summed E-state index contributed by atoms with van der Waals surface area (Å²) in [5.74, 6) is -2.75. The molecule has 3 aliphatic rings. The van der Waals surface area contributed by atoms with Crippen molar-refractivity contribution in [3.63, 3.8) is 0 Å². The van der Waals surface area contributed by atoms with Crippen molar-refractivity contribution < 1.29 is 92.5 Å². The molecule has 1 aliphatic heterocycles. The maximum absolute atomic E-state index is 13.9. The molecule has 1 saturated carbocycles. The molecule has 0 amide bonds. The molecule has 2 aliphatic carbocycles. The van der Waals surface area contributed by atoms with Gasteiger partial charge in [-0.2, -0.15) is 13.0 Å². The second kappa shape index (κ2) is 11.0. The maximum Gasteiger partial charge on any atom is 1.00 e. The summed E-state index contributed by atoms with van der Waals surface area (Å²) in [7, 11) is 0. The molecule has 2 radical (unpaired) electrons. The first kappa shape index (κ1) is 31.8. The van der Waals surface area contributed by atoms with E-state index in [0.29, 0.717) is 12.8 Å². The van der Waals surface area contributed by atoms with Crippen LogP contribution in [0, 0.1) is 29.3 Å². The van der Waals surface area contributed by atoms with Crippen LogP contribution in [-0.4, -0.2) is 27.7 Å². The molecule has 35 heavy (non-hydrogen) atoms. The zero-order valence-corrected chi connectivity index (χ0v) is 24.8. The van der Waals surface area contributed by atoms with Crippen molar-refractivity contribution in [3.8, 4) is 11.5 Å². The number of carbonyl (C=O) groups is 3. The number of aromatic hydroxyl groups is 2. The van der Waals surface area contributed by atoms with Gasteiger partial charge < -0.3 is 26.1 Å². The summed E-state index contributed by atoms with van der Waals surface area (Å²) in [6.07, 6.45) is 4.72. The monoisotopic (exact) mass is 744 g/mol. The molecule has 4 rings (SSSR count). The number of ketones is 2. The van der Waals surface area contributed by atoms with E-state index >= 15 is 0 Å². The predicted octanol–water partition coefficient (Wildman–Crippen LogP) is 4.16. The zero-order valence-electron chi connectivity index (χ0n) is 19.6. The molecule has 2 fully saturated rings. The molecule has 1 saturated heterocycles. The first-order chi connectivity index (χ1) is 15.0. The van der Waals surface area contributed by atoms with Gasteiger partial charge in [-0.3, -0.25) is 9.59 Å². The van der Waals surface area contributed by atoms with Crippen LogP contribution in [0.3, 0.4) is 0 Å². The SMILES string of the molecule is CC(C)=CC[C@]12C(=O)C(OC(=O)c3ccc(O)c(O)c3)=C3O[CH-]C[C@@]3(C[CH-]C1(C)C)C2=O.[Ru+].[Ru+].[Ru]. The van der Waals surface area contributed by atoms with Crippen LogP contribution in [0.1, 0.15) is 57.3 Å². The number of phenolic OH excluding ortho intramolecular Hbond substituents is 2. The van der Waals surface area contributed by atoms with E-state index in [0.717, 1.165) is 17.7 Å².